The zero-order chi connectivity index (χ0) is 14.2. The van der Waals surface area contributed by atoms with Crippen molar-refractivity contribution in [3.63, 3.8) is 0 Å². The highest BCUT2D eigenvalue weighted by Crippen LogP contribution is 2.13. The molecule has 1 unspecified atom stereocenters. The molecule has 1 atom stereocenters. The first-order chi connectivity index (χ1) is 8.31. The zero-order valence-corrected chi connectivity index (χ0v) is 12.4. The zero-order valence-electron chi connectivity index (χ0n) is 11.5. The lowest BCUT2D eigenvalue weighted by Crippen LogP contribution is -2.33. The van der Waals surface area contributed by atoms with Gasteiger partial charge in [-0.1, -0.05) is 13.3 Å². The largest absolute Gasteiger partial charge is 0.397 e. The van der Waals surface area contributed by atoms with Crippen molar-refractivity contribution < 1.29 is 17.2 Å². The van der Waals surface area contributed by atoms with E-state index in [4.69, 9.17) is 4.55 Å². The molecule has 0 aromatic carbocycles. The molecule has 0 saturated heterocycles. The minimum Gasteiger partial charge on any atom is -0.359 e. The van der Waals surface area contributed by atoms with E-state index in [1.165, 1.54) is 26.3 Å². The predicted octanol–water partition coefficient (Wildman–Crippen LogP) is 1.68. The Morgan fingerprint density at radius 3 is 2.22 bits per heavy atom. The van der Waals surface area contributed by atoms with Crippen LogP contribution >= 0.6 is 0 Å². The molecule has 1 heterocycles. The molecule has 0 spiro atoms. The van der Waals surface area contributed by atoms with E-state index in [1.807, 2.05) is 0 Å². The second kappa shape index (κ2) is 8.34. The minimum atomic E-state index is -4.17. The van der Waals surface area contributed by atoms with Crippen molar-refractivity contribution in [1.29, 1.82) is 0 Å². The molecular weight excluding hydrogens is 256 g/mol. The first-order valence-corrected chi connectivity index (χ1v) is 7.46. The number of nitrogens with zero attached hydrogens (tertiary/aromatic N) is 2. The average molecular weight is 280 g/mol. The Hall–Kier alpha value is -0.790. The lowest BCUT2D eigenvalue weighted by Gasteiger charge is -2.26. The van der Waals surface area contributed by atoms with Gasteiger partial charge in [0.05, 0.1) is 12.8 Å². The number of rotatable bonds is 5. The van der Waals surface area contributed by atoms with E-state index < -0.39 is 10.4 Å². The molecule has 0 bridgehead atoms. The van der Waals surface area contributed by atoms with E-state index in [0.717, 1.165) is 0 Å². The molecule has 0 aromatic heterocycles. The van der Waals surface area contributed by atoms with Gasteiger partial charge in [-0.15, -0.1) is 0 Å². The van der Waals surface area contributed by atoms with E-state index >= 15 is 0 Å². The Balaban J connectivity index is 0.000000360. The lowest BCUT2D eigenvalue weighted by molar-refractivity contribution is 0.193. The summed E-state index contributed by atoms with van der Waals surface area (Å²) < 4.78 is 30.7. The number of hydrogen-bond donors (Lipinski definition) is 1. The van der Waals surface area contributed by atoms with Crippen molar-refractivity contribution >= 4 is 10.4 Å². The maximum absolute atomic E-state index is 9.56. The Kier molecular flexibility index (Phi) is 7.97. The van der Waals surface area contributed by atoms with Gasteiger partial charge >= 0.3 is 10.4 Å². The van der Waals surface area contributed by atoms with Crippen LogP contribution < -0.4 is 0 Å². The summed E-state index contributed by atoms with van der Waals surface area (Å²) in [7, 11) is -2.06. The van der Waals surface area contributed by atoms with Crippen molar-refractivity contribution in [3.8, 4) is 0 Å². The second-order valence-electron chi connectivity index (χ2n) is 4.02. The topological polar surface area (TPSA) is 70.1 Å². The third-order valence-electron chi connectivity index (χ3n) is 2.60. The molecule has 1 aliphatic rings. The maximum atomic E-state index is 9.56. The second-order valence-corrected chi connectivity index (χ2v) is 5.11. The Morgan fingerprint density at radius 1 is 1.33 bits per heavy atom. The third kappa shape index (κ3) is 7.52. The third-order valence-corrected chi connectivity index (χ3v) is 3.13. The van der Waals surface area contributed by atoms with Gasteiger partial charge in [0, 0.05) is 26.0 Å². The van der Waals surface area contributed by atoms with Gasteiger partial charge in [0.25, 0.3) is 0 Å². The van der Waals surface area contributed by atoms with E-state index in [-0.39, 0.29) is 6.61 Å². The fourth-order valence-corrected chi connectivity index (χ4v) is 1.72. The van der Waals surface area contributed by atoms with Gasteiger partial charge in [-0.3, -0.25) is 4.55 Å². The van der Waals surface area contributed by atoms with Crippen molar-refractivity contribution in [2.45, 2.75) is 39.8 Å². The highest BCUT2D eigenvalue weighted by molar-refractivity contribution is 7.80. The molecule has 0 aliphatic carbocycles. The van der Waals surface area contributed by atoms with Gasteiger partial charge in [-0.05, 0) is 20.3 Å². The van der Waals surface area contributed by atoms with Crippen LogP contribution in [0.2, 0.25) is 0 Å². The SMILES string of the molecule is CCCCN1C=CN(C)C1C.CCOS(=O)(=O)O. The Bertz CT molecular complexity index is 343. The minimum absolute atomic E-state index is 0.0289. The summed E-state index contributed by atoms with van der Waals surface area (Å²) in [6.07, 6.45) is 7.45. The van der Waals surface area contributed by atoms with E-state index in [1.54, 1.807) is 0 Å². The molecule has 0 fully saturated rings. The average Bonchev–Trinajstić information content (AvgIpc) is 2.56. The summed E-state index contributed by atoms with van der Waals surface area (Å²) >= 11 is 0. The first kappa shape index (κ1) is 17.2. The fraction of sp³-hybridized carbons (Fsp3) is 0.818. The van der Waals surface area contributed by atoms with Gasteiger partial charge in [-0.25, -0.2) is 4.18 Å². The summed E-state index contributed by atoms with van der Waals surface area (Å²) in [5.41, 5.74) is 0. The van der Waals surface area contributed by atoms with Crippen LogP contribution in [0.1, 0.15) is 33.6 Å². The van der Waals surface area contributed by atoms with Crippen LogP contribution in [0, 0.1) is 0 Å². The monoisotopic (exact) mass is 280 g/mol. The first-order valence-electron chi connectivity index (χ1n) is 6.09. The van der Waals surface area contributed by atoms with Gasteiger partial charge in [-0.2, -0.15) is 8.42 Å². The standard InChI is InChI=1S/C9H18N2.C2H6O4S/c1-4-5-6-11-8-7-10(3)9(11)2;1-2-6-7(3,4)5/h7-9H,4-6H2,1-3H3;2H2,1H3,(H,3,4,5). The molecule has 0 aromatic rings. The molecule has 1 N–H and O–H groups in total. The summed E-state index contributed by atoms with van der Waals surface area (Å²) in [6.45, 7) is 7.09. The maximum Gasteiger partial charge on any atom is 0.397 e. The molecule has 0 saturated carbocycles. The molecule has 108 valence electrons. The van der Waals surface area contributed by atoms with Crippen molar-refractivity contribution in [1.82, 2.24) is 9.80 Å². The Morgan fingerprint density at radius 2 is 1.94 bits per heavy atom. The number of hydrogen-bond acceptors (Lipinski definition) is 5. The fourth-order valence-electron chi connectivity index (χ4n) is 1.42. The van der Waals surface area contributed by atoms with Crippen LogP contribution in [0.25, 0.3) is 0 Å². The molecule has 18 heavy (non-hydrogen) atoms. The van der Waals surface area contributed by atoms with Crippen LogP contribution in [-0.4, -0.2) is 49.1 Å². The van der Waals surface area contributed by atoms with Gasteiger partial charge in [0.2, 0.25) is 0 Å². The van der Waals surface area contributed by atoms with Crippen LogP contribution in [0.15, 0.2) is 12.4 Å². The van der Waals surface area contributed by atoms with Crippen LogP contribution in [-0.2, 0) is 14.6 Å². The summed E-state index contributed by atoms with van der Waals surface area (Å²) in [6, 6.07) is 0. The van der Waals surface area contributed by atoms with Gasteiger partial charge in [0.15, 0.2) is 0 Å². The van der Waals surface area contributed by atoms with Crippen LogP contribution in [0.5, 0.6) is 0 Å². The predicted molar refractivity (Wildman–Crippen MR) is 71.2 cm³/mol. The molecule has 1 aliphatic heterocycles. The van der Waals surface area contributed by atoms with Crippen LogP contribution in [0.3, 0.4) is 0 Å². The summed E-state index contributed by atoms with van der Waals surface area (Å²) in [4.78, 5) is 4.61. The van der Waals surface area contributed by atoms with E-state index in [9.17, 15) is 8.42 Å². The smallest absolute Gasteiger partial charge is 0.359 e. The van der Waals surface area contributed by atoms with Gasteiger partial charge in [0.1, 0.15) is 0 Å². The normalized spacial score (nSPS) is 18.8. The van der Waals surface area contributed by atoms with Crippen LogP contribution in [0.4, 0.5) is 0 Å². The molecule has 1 rings (SSSR count). The quantitative estimate of drug-likeness (QED) is 0.773. The Labute approximate surface area is 110 Å². The van der Waals surface area contributed by atoms with Crippen molar-refractivity contribution in [3.05, 3.63) is 12.4 Å². The number of unbranched alkanes of at least 4 members (excludes halogenated alkanes) is 1. The highest BCUT2D eigenvalue weighted by Gasteiger charge is 2.16. The lowest BCUT2D eigenvalue weighted by atomic mass is 10.3. The summed E-state index contributed by atoms with van der Waals surface area (Å²) in [5.74, 6) is 0. The molecule has 7 heteroatoms. The molecule has 0 amide bonds. The van der Waals surface area contributed by atoms with E-state index in [0.29, 0.717) is 6.17 Å². The summed E-state index contributed by atoms with van der Waals surface area (Å²) in [5, 5.41) is 0. The van der Waals surface area contributed by atoms with Crippen molar-refractivity contribution in [2.75, 3.05) is 20.2 Å². The molecule has 6 nitrogen and oxygen atoms in total. The van der Waals surface area contributed by atoms with Crippen molar-refractivity contribution in [2.24, 2.45) is 0 Å². The highest BCUT2D eigenvalue weighted by atomic mass is 32.3. The molecule has 0 radical (unpaired) electrons. The molecular formula is C11H24N2O4S. The van der Waals surface area contributed by atoms with Gasteiger partial charge < -0.3 is 9.80 Å². The van der Waals surface area contributed by atoms with E-state index in [2.05, 4.69) is 47.3 Å².